The van der Waals surface area contributed by atoms with Crippen molar-refractivity contribution in [2.75, 3.05) is 0 Å². The van der Waals surface area contributed by atoms with Crippen LogP contribution in [0.4, 0.5) is 0 Å². The third-order valence-corrected chi connectivity index (χ3v) is 9.05. The fraction of sp³-hybridized carbons (Fsp3) is 0.800. The minimum Gasteiger partial charge on any atom is -0.351 e. The number of Topliss-reactive ketones (excluding diaryl/α,β-unsaturated/α-hetero) is 1. The van der Waals surface area contributed by atoms with Gasteiger partial charge >= 0.3 is 0 Å². The molecule has 4 heteroatoms. The summed E-state index contributed by atoms with van der Waals surface area (Å²) in [5, 5.41) is 12.9. The zero-order valence-corrected chi connectivity index (χ0v) is 18.7. The second-order valence-corrected chi connectivity index (χ2v) is 11.6. The maximum absolute atomic E-state index is 13.1. The maximum atomic E-state index is 13.1. The zero-order chi connectivity index (χ0) is 21.2. The van der Waals surface area contributed by atoms with E-state index in [1.807, 2.05) is 0 Å². The van der Waals surface area contributed by atoms with E-state index in [-0.39, 0.29) is 34.0 Å². The van der Waals surface area contributed by atoms with E-state index in [9.17, 15) is 14.9 Å². The van der Waals surface area contributed by atoms with Crippen molar-refractivity contribution in [3.63, 3.8) is 0 Å². The molecule has 0 radical (unpaired) electrons. The van der Waals surface area contributed by atoms with E-state index < -0.39 is 0 Å². The van der Waals surface area contributed by atoms with E-state index in [1.165, 1.54) is 0 Å². The Morgan fingerprint density at radius 3 is 2.45 bits per heavy atom. The van der Waals surface area contributed by atoms with Crippen molar-refractivity contribution in [3.05, 3.63) is 11.1 Å². The van der Waals surface area contributed by atoms with E-state index >= 15 is 0 Å². The second-order valence-electron chi connectivity index (χ2n) is 11.6. The topological polar surface area (TPSA) is 70.0 Å². The molecule has 4 rings (SSSR count). The Labute approximate surface area is 175 Å². The van der Waals surface area contributed by atoms with Gasteiger partial charge in [-0.25, -0.2) is 0 Å². The summed E-state index contributed by atoms with van der Waals surface area (Å²) in [5.74, 6) is 2.14. The van der Waals surface area contributed by atoms with Crippen molar-refractivity contribution in [2.45, 2.75) is 91.5 Å². The Bertz CT molecular complexity index is 814. The molecule has 0 aromatic heterocycles. The number of nitrogens with one attached hydrogen (secondary N) is 1. The van der Waals surface area contributed by atoms with Gasteiger partial charge in [0.25, 0.3) is 0 Å². The minimum absolute atomic E-state index is 0.00498. The van der Waals surface area contributed by atoms with Gasteiger partial charge in [0, 0.05) is 17.9 Å². The number of fused-ring (bicyclic) bond motifs is 5. The Hall–Kier alpha value is -1.63. The van der Waals surface area contributed by atoms with Crippen molar-refractivity contribution in [3.8, 4) is 6.07 Å². The summed E-state index contributed by atoms with van der Waals surface area (Å²) in [6.07, 6.45) is 7.70. The van der Waals surface area contributed by atoms with Crippen molar-refractivity contribution in [1.82, 2.24) is 5.32 Å². The molecule has 0 saturated heterocycles. The largest absolute Gasteiger partial charge is 0.351 e. The Kier molecular flexibility index (Phi) is 4.76. The van der Waals surface area contributed by atoms with Crippen LogP contribution in [0.3, 0.4) is 0 Å². The molecule has 0 spiro atoms. The number of ketones is 1. The van der Waals surface area contributed by atoms with E-state index in [2.05, 4.69) is 46.0 Å². The number of carbonyl (C=O) groups excluding carboxylic acids is 2. The van der Waals surface area contributed by atoms with E-state index in [0.717, 1.165) is 50.5 Å². The smallest absolute Gasteiger partial charge is 0.224 e. The molecule has 0 aromatic carbocycles. The highest BCUT2D eigenvalue weighted by Gasteiger charge is 2.60. The monoisotopic (exact) mass is 396 g/mol. The summed E-state index contributed by atoms with van der Waals surface area (Å²) < 4.78 is 0. The number of nitrogens with zero attached hydrogens (tertiary/aromatic N) is 1. The van der Waals surface area contributed by atoms with Gasteiger partial charge < -0.3 is 5.32 Å². The first kappa shape index (κ1) is 20.6. The molecule has 3 unspecified atom stereocenters. The first-order chi connectivity index (χ1) is 13.5. The molecule has 158 valence electrons. The number of hydrogen-bond donors (Lipinski definition) is 1. The molecule has 4 aliphatic carbocycles. The van der Waals surface area contributed by atoms with Crippen LogP contribution in [0.1, 0.15) is 86.0 Å². The van der Waals surface area contributed by atoms with Crippen LogP contribution in [0, 0.1) is 45.8 Å². The summed E-state index contributed by atoms with van der Waals surface area (Å²) in [6, 6.07) is 2.25. The highest BCUT2D eigenvalue weighted by molar-refractivity contribution is 6.01. The van der Waals surface area contributed by atoms with Gasteiger partial charge in [-0.3, -0.25) is 9.59 Å². The lowest BCUT2D eigenvalue weighted by atomic mass is 9.46. The molecule has 0 aliphatic heterocycles. The second kappa shape index (κ2) is 6.69. The van der Waals surface area contributed by atoms with Gasteiger partial charge in [-0.2, -0.15) is 5.26 Å². The molecular formula is C25H36N2O2. The molecule has 4 nitrogen and oxygen atoms in total. The predicted molar refractivity (Wildman–Crippen MR) is 113 cm³/mol. The van der Waals surface area contributed by atoms with Crippen LogP contribution in [0.2, 0.25) is 0 Å². The normalized spacial score (nSPS) is 41.9. The highest BCUT2D eigenvalue weighted by Crippen LogP contribution is 2.67. The van der Waals surface area contributed by atoms with Crippen molar-refractivity contribution in [1.29, 1.82) is 5.26 Å². The SMILES string of the molecule is CC(C)(C)NC(=O)[C@H]1CCC2C3CCC4=C(C#N)C(=O)CC[C@]4(C)C3CC[C@@]21C. The summed E-state index contributed by atoms with van der Waals surface area (Å²) in [5.41, 5.74) is 1.51. The average Bonchev–Trinajstić information content (AvgIpc) is 2.98. The molecule has 0 heterocycles. The van der Waals surface area contributed by atoms with Gasteiger partial charge in [-0.15, -0.1) is 0 Å². The molecule has 29 heavy (non-hydrogen) atoms. The van der Waals surface area contributed by atoms with Gasteiger partial charge in [0.2, 0.25) is 5.91 Å². The fourth-order valence-corrected chi connectivity index (χ4v) is 7.73. The van der Waals surface area contributed by atoms with Crippen molar-refractivity contribution >= 4 is 11.7 Å². The first-order valence-corrected chi connectivity index (χ1v) is 11.5. The van der Waals surface area contributed by atoms with E-state index in [4.69, 9.17) is 0 Å². The Morgan fingerprint density at radius 1 is 1.07 bits per heavy atom. The third kappa shape index (κ3) is 3.07. The Balaban J connectivity index is 1.62. The average molecular weight is 397 g/mol. The van der Waals surface area contributed by atoms with Crippen molar-refractivity contribution < 1.29 is 9.59 Å². The van der Waals surface area contributed by atoms with Gasteiger partial charge in [0.1, 0.15) is 6.07 Å². The fourth-order valence-electron chi connectivity index (χ4n) is 7.73. The van der Waals surface area contributed by atoms with Crippen LogP contribution >= 0.6 is 0 Å². The van der Waals surface area contributed by atoms with Crippen LogP contribution in [-0.2, 0) is 9.59 Å². The van der Waals surface area contributed by atoms with Gasteiger partial charge in [0.15, 0.2) is 5.78 Å². The van der Waals surface area contributed by atoms with E-state index in [1.54, 1.807) is 0 Å². The van der Waals surface area contributed by atoms with Crippen LogP contribution in [0.5, 0.6) is 0 Å². The zero-order valence-electron chi connectivity index (χ0n) is 18.7. The van der Waals surface area contributed by atoms with Crippen LogP contribution in [-0.4, -0.2) is 17.2 Å². The highest BCUT2D eigenvalue weighted by atomic mass is 16.2. The number of nitriles is 1. The first-order valence-electron chi connectivity index (χ1n) is 11.5. The molecular weight excluding hydrogens is 360 g/mol. The summed E-state index contributed by atoms with van der Waals surface area (Å²) in [7, 11) is 0. The minimum atomic E-state index is -0.191. The van der Waals surface area contributed by atoms with Gasteiger partial charge in [-0.1, -0.05) is 13.8 Å². The van der Waals surface area contributed by atoms with Crippen LogP contribution in [0.25, 0.3) is 0 Å². The number of carbonyl (C=O) groups is 2. The third-order valence-electron chi connectivity index (χ3n) is 9.05. The standard InChI is InChI=1S/C25H36N2O2/c1-23(2,3)27-22(29)20-9-8-17-15-6-7-18-16(14-26)21(28)11-13-24(18,4)19(15)10-12-25(17,20)5/h15,17,19-20H,6-13H2,1-5H3,(H,27,29)/t15?,17?,19?,20-,24+,25+/m1/s1. The van der Waals surface area contributed by atoms with E-state index in [0.29, 0.717) is 29.7 Å². The molecule has 4 aliphatic rings. The van der Waals surface area contributed by atoms with Crippen LogP contribution in [0.15, 0.2) is 11.1 Å². The summed E-state index contributed by atoms with van der Waals surface area (Å²) in [4.78, 5) is 25.4. The summed E-state index contributed by atoms with van der Waals surface area (Å²) >= 11 is 0. The van der Waals surface area contributed by atoms with Crippen LogP contribution < -0.4 is 5.32 Å². The number of rotatable bonds is 1. The number of allylic oxidation sites excluding steroid dienone is 1. The molecule has 1 N–H and O–H groups in total. The molecule has 6 atom stereocenters. The lowest BCUT2D eigenvalue weighted by Gasteiger charge is -2.58. The molecule has 0 aromatic rings. The number of amides is 1. The van der Waals surface area contributed by atoms with Crippen molar-refractivity contribution in [2.24, 2.45) is 34.5 Å². The lowest BCUT2D eigenvalue weighted by molar-refractivity contribution is -0.134. The predicted octanol–water partition coefficient (Wildman–Crippen LogP) is 4.94. The maximum Gasteiger partial charge on any atom is 0.224 e. The number of hydrogen-bond acceptors (Lipinski definition) is 3. The molecule has 3 fully saturated rings. The lowest BCUT2D eigenvalue weighted by Crippen LogP contribution is -2.53. The molecule has 1 amide bonds. The summed E-state index contributed by atoms with van der Waals surface area (Å²) in [6.45, 7) is 10.9. The van der Waals surface area contributed by atoms with Gasteiger partial charge in [0.05, 0.1) is 5.57 Å². The quantitative estimate of drug-likeness (QED) is 0.682. The molecule has 3 saturated carbocycles. The molecule has 0 bridgehead atoms. The Morgan fingerprint density at radius 2 is 1.79 bits per heavy atom. The van der Waals surface area contributed by atoms with Gasteiger partial charge in [-0.05, 0) is 99.9 Å².